The zero-order valence-electron chi connectivity index (χ0n) is 12.2. The Balaban J connectivity index is 1.41. The van der Waals surface area contributed by atoms with E-state index in [0.29, 0.717) is 18.8 Å². The van der Waals surface area contributed by atoms with Gasteiger partial charge in [0.05, 0.1) is 17.4 Å². The lowest BCUT2D eigenvalue weighted by atomic mass is 10.2. The van der Waals surface area contributed by atoms with Gasteiger partial charge in [-0.3, -0.25) is 9.89 Å². The number of amides is 1. The van der Waals surface area contributed by atoms with Gasteiger partial charge in [0.2, 0.25) is 0 Å². The van der Waals surface area contributed by atoms with Gasteiger partial charge in [0.15, 0.2) is 5.69 Å². The van der Waals surface area contributed by atoms with E-state index in [1.54, 1.807) is 0 Å². The second kappa shape index (κ2) is 5.29. The van der Waals surface area contributed by atoms with Crippen LogP contribution in [0.15, 0.2) is 30.6 Å². The number of imidazole rings is 1. The van der Waals surface area contributed by atoms with Crippen LogP contribution in [0.2, 0.25) is 0 Å². The Morgan fingerprint density at radius 1 is 1.32 bits per heavy atom. The van der Waals surface area contributed by atoms with Crippen molar-refractivity contribution in [3.63, 3.8) is 0 Å². The summed E-state index contributed by atoms with van der Waals surface area (Å²) in [6.45, 7) is 1.25. The van der Waals surface area contributed by atoms with Crippen molar-refractivity contribution in [2.45, 2.75) is 25.8 Å². The molecule has 0 spiro atoms. The molecule has 0 unspecified atom stereocenters. The molecule has 0 bridgehead atoms. The average Bonchev–Trinajstić information content (AvgIpc) is 3.22. The predicted octanol–water partition coefficient (Wildman–Crippen LogP) is 1.68. The first-order valence-electron chi connectivity index (χ1n) is 7.57. The molecule has 1 aromatic carbocycles. The van der Waals surface area contributed by atoms with Gasteiger partial charge in [-0.25, -0.2) is 4.98 Å². The molecule has 6 nitrogen and oxygen atoms in total. The largest absolute Gasteiger partial charge is 0.349 e. The fourth-order valence-electron chi connectivity index (χ4n) is 3.07. The molecule has 1 aliphatic carbocycles. The van der Waals surface area contributed by atoms with Crippen molar-refractivity contribution >= 4 is 16.9 Å². The van der Waals surface area contributed by atoms with Crippen LogP contribution in [0.4, 0.5) is 0 Å². The highest BCUT2D eigenvalue weighted by Gasteiger charge is 2.22. The number of hydrogen-bond donors (Lipinski definition) is 2. The monoisotopic (exact) mass is 295 g/mol. The number of aromatic nitrogens is 4. The quantitative estimate of drug-likeness (QED) is 0.769. The minimum absolute atomic E-state index is 0.0937. The number of fused-ring (bicyclic) bond motifs is 2. The number of carbonyl (C=O) groups is 1. The summed E-state index contributed by atoms with van der Waals surface area (Å²) in [6, 6.07) is 7.98. The maximum Gasteiger partial charge on any atom is 0.272 e. The van der Waals surface area contributed by atoms with E-state index in [9.17, 15) is 4.79 Å². The van der Waals surface area contributed by atoms with Crippen LogP contribution in [0, 0.1) is 0 Å². The minimum atomic E-state index is -0.0937. The minimum Gasteiger partial charge on any atom is -0.349 e. The summed E-state index contributed by atoms with van der Waals surface area (Å²) in [4.78, 5) is 16.6. The van der Waals surface area contributed by atoms with Gasteiger partial charge in [0.25, 0.3) is 5.91 Å². The number of para-hydroxylation sites is 2. The third-order valence-corrected chi connectivity index (χ3v) is 4.19. The number of aryl methyl sites for hydroxylation is 1. The molecular weight excluding hydrogens is 278 g/mol. The number of rotatable bonds is 4. The van der Waals surface area contributed by atoms with Gasteiger partial charge >= 0.3 is 0 Å². The van der Waals surface area contributed by atoms with Crippen molar-refractivity contribution in [2.24, 2.45) is 0 Å². The van der Waals surface area contributed by atoms with Crippen LogP contribution < -0.4 is 5.32 Å². The van der Waals surface area contributed by atoms with Crippen molar-refractivity contribution in [1.29, 1.82) is 0 Å². The lowest BCUT2D eigenvalue weighted by Gasteiger charge is -2.06. The summed E-state index contributed by atoms with van der Waals surface area (Å²) in [5, 5.41) is 10.1. The highest BCUT2D eigenvalue weighted by Crippen LogP contribution is 2.22. The predicted molar refractivity (Wildman–Crippen MR) is 82.7 cm³/mol. The lowest BCUT2D eigenvalue weighted by molar-refractivity contribution is 0.0946. The van der Waals surface area contributed by atoms with Gasteiger partial charge < -0.3 is 9.88 Å². The Morgan fingerprint density at radius 2 is 2.23 bits per heavy atom. The smallest absolute Gasteiger partial charge is 0.272 e. The molecule has 0 fully saturated rings. The summed E-state index contributed by atoms with van der Waals surface area (Å²) in [7, 11) is 0. The normalized spacial score (nSPS) is 13.5. The molecule has 0 radical (unpaired) electrons. The fraction of sp³-hybridized carbons (Fsp3) is 0.312. The van der Waals surface area contributed by atoms with Crippen LogP contribution in [0.5, 0.6) is 0 Å². The van der Waals surface area contributed by atoms with E-state index in [2.05, 4.69) is 20.5 Å². The molecule has 2 N–H and O–H groups in total. The molecule has 4 rings (SSSR count). The first-order valence-corrected chi connectivity index (χ1v) is 7.57. The number of H-pyrrole nitrogens is 1. The zero-order chi connectivity index (χ0) is 14.9. The van der Waals surface area contributed by atoms with Crippen LogP contribution in [0.3, 0.4) is 0 Å². The van der Waals surface area contributed by atoms with Gasteiger partial charge in [0.1, 0.15) is 0 Å². The summed E-state index contributed by atoms with van der Waals surface area (Å²) in [5.41, 5.74) is 4.82. The van der Waals surface area contributed by atoms with E-state index in [1.807, 2.05) is 35.2 Å². The fourth-order valence-corrected chi connectivity index (χ4v) is 3.07. The van der Waals surface area contributed by atoms with Gasteiger partial charge in [-0.05, 0) is 31.4 Å². The van der Waals surface area contributed by atoms with Gasteiger partial charge in [-0.2, -0.15) is 5.10 Å². The molecule has 2 heterocycles. The number of nitrogens with zero attached hydrogens (tertiary/aromatic N) is 3. The van der Waals surface area contributed by atoms with Crippen molar-refractivity contribution in [3.8, 4) is 0 Å². The van der Waals surface area contributed by atoms with E-state index >= 15 is 0 Å². The molecule has 112 valence electrons. The van der Waals surface area contributed by atoms with Crippen molar-refractivity contribution in [1.82, 2.24) is 25.1 Å². The Morgan fingerprint density at radius 3 is 3.18 bits per heavy atom. The summed E-state index contributed by atoms with van der Waals surface area (Å²) in [5.74, 6) is -0.0937. The van der Waals surface area contributed by atoms with Crippen LogP contribution in [-0.4, -0.2) is 32.2 Å². The Hall–Kier alpha value is -2.63. The third kappa shape index (κ3) is 2.16. The van der Waals surface area contributed by atoms with Gasteiger partial charge in [-0.1, -0.05) is 12.1 Å². The second-order valence-electron chi connectivity index (χ2n) is 5.57. The van der Waals surface area contributed by atoms with Crippen molar-refractivity contribution in [2.75, 3.05) is 6.54 Å². The van der Waals surface area contributed by atoms with Crippen LogP contribution in [0.25, 0.3) is 11.0 Å². The molecular formula is C16H17N5O. The van der Waals surface area contributed by atoms with Gasteiger partial charge in [-0.15, -0.1) is 0 Å². The number of benzene rings is 1. The maximum absolute atomic E-state index is 12.2. The third-order valence-electron chi connectivity index (χ3n) is 4.19. The highest BCUT2D eigenvalue weighted by atomic mass is 16.1. The molecule has 1 amide bonds. The van der Waals surface area contributed by atoms with E-state index in [-0.39, 0.29) is 5.91 Å². The van der Waals surface area contributed by atoms with Crippen LogP contribution in [0.1, 0.15) is 28.2 Å². The molecule has 0 saturated heterocycles. The SMILES string of the molecule is O=C(NCCn1cnc2ccccc21)c1n[nH]c2c1CCC2. The molecule has 2 aromatic heterocycles. The number of hydrogen-bond acceptors (Lipinski definition) is 3. The first-order chi connectivity index (χ1) is 10.8. The summed E-state index contributed by atoms with van der Waals surface area (Å²) >= 11 is 0. The zero-order valence-corrected chi connectivity index (χ0v) is 12.2. The number of carbonyl (C=O) groups excluding carboxylic acids is 1. The molecule has 6 heteroatoms. The average molecular weight is 295 g/mol. The van der Waals surface area contributed by atoms with Crippen LogP contribution >= 0.6 is 0 Å². The molecule has 1 aliphatic rings. The molecule has 0 saturated carbocycles. The van der Waals surface area contributed by atoms with Crippen molar-refractivity contribution in [3.05, 3.63) is 47.5 Å². The maximum atomic E-state index is 12.2. The van der Waals surface area contributed by atoms with E-state index in [0.717, 1.165) is 41.6 Å². The number of nitrogens with one attached hydrogen (secondary N) is 2. The molecule has 3 aromatic rings. The number of aromatic amines is 1. The topological polar surface area (TPSA) is 75.6 Å². The standard InChI is InChI=1S/C16H17N5O/c22-16(15-11-4-3-6-12(11)19-20-15)17-8-9-21-10-18-13-5-1-2-7-14(13)21/h1-2,5,7,10H,3-4,6,8-9H2,(H,17,22)(H,19,20). The van der Waals surface area contributed by atoms with Gasteiger partial charge in [0, 0.05) is 24.3 Å². The molecule has 0 atom stereocenters. The van der Waals surface area contributed by atoms with Crippen LogP contribution in [-0.2, 0) is 19.4 Å². The Labute approximate surface area is 127 Å². The van der Waals surface area contributed by atoms with E-state index in [4.69, 9.17) is 0 Å². The summed E-state index contributed by atoms with van der Waals surface area (Å²) < 4.78 is 2.05. The van der Waals surface area contributed by atoms with E-state index in [1.165, 1.54) is 0 Å². The highest BCUT2D eigenvalue weighted by molar-refractivity contribution is 5.94. The molecule has 22 heavy (non-hydrogen) atoms. The Kier molecular flexibility index (Phi) is 3.14. The van der Waals surface area contributed by atoms with E-state index < -0.39 is 0 Å². The summed E-state index contributed by atoms with van der Waals surface area (Å²) in [6.07, 6.45) is 4.85. The lowest BCUT2D eigenvalue weighted by Crippen LogP contribution is -2.28. The molecule has 0 aliphatic heterocycles. The van der Waals surface area contributed by atoms with Crippen molar-refractivity contribution < 1.29 is 4.79 Å². The Bertz CT molecular complexity index is 832. The second-order valence-corrected chi connectivity index (χ2v) is 5.57. The first kappa shape index (κ1) is 13.1.